The summed E-state index contributed by atoms with van der Waals surface area (Å²) in [6.07, 6.45) is 0.112. The number of nitrogens with one attached hydrogen (secondary N) is 1. The van der Waals surface area contributed by atoms with Gasteiger partial charge in [0.05, 0.1) is 32.8 Å². The maximum absolute atomic E-state index is 13.5. The molecule has 0 spiro atoms. The zero-order valence-electron chi connectivity index (χ0n) is 20.5. The highest BCUT2D eigenvalue weighted by atomic mass is 32.1. The second-order valence-electron chi connectivity index (χ2n) is 9.18. The van der Waals surface area contributed by atoms with Gasteiger partial charge in [0, 0.05) is 17.0 Å². The van der Waals surface area contributed by atoms with Crippen LogP contribution in [0, 0.1) is 17.8 Å². The van der Waals surface area contributed by atoms with Crippen LogP contribution in [0.2, 0.25) is 0 Å². The van der Waals surface area contributed by atoms with Crippen molar-refractivity contribution in [2.45, 2.75) is 31.6 Å². The first-order valence-electron chi connectivity index (χ1n) is 11.9. The molecule has 3 aromatic rings. The number of aromatic nitrogens is 3. The monoisotopic (exact) mass is 559 g/mol. The van der Waals surface area contributed by atoms with Gasteiger partial charge in [-0.2, -0.15) is 0 Å². The standard InChI is InChI=1S/C26H21F4N5O3S/c1-38-20-11-31-19(23(27)28)10-18(20)17-8-15(9-22(36)35-12-26(29,30)13-35)4-6-16(17)24(37)32-25-34-33-21(39-25)7-5-14-2-3-14/h4,6,8,10-11,14,23H,2-3,9,12-13H2,1H3,(H,32,34,37). The number of hydrogen-bond acceptors (Lipinski definition) is 7. The number of carbonyl (C=O) groups excluding carboxylic acids is 2. The van der Waals surface area contributed by atoms with Crippen molar-refractivity contribution in [2.24, 2.45) is 5.92 Å². The summed E-state index contributed by atoms with van der Waals surface area (Å²) < 4.78 is 58.8. The fraction of sp³-hybridized carbons (Fsp3) is 0.346. The fourth-order valence-electron chi connectivity index (χ4n) is 3.93. The Morgan fingerprint density at radius 3 is 2.64 bits per heavy atom. The molecular formula is C26H21F4N5O3S. The predicted octanol–water partition coefficient (Wildman–Crippen LogP) is 4.58. The van der Waals surface area contributed by atoms with Crippen molar-refractivity contribution in [1.29, 1.82) is 0 Å². The summed E-state index contributed by atoms with van der Waals surface area (Å²) >= 11 is 1.09. The zero-order chi connectivity index (χ0) is 27.7. The Hall–Kier alpha value is -4.05. The van der Waals surface area contributed by atoms with E-state index in [9.17, 15) is 27.2 Å². The molecule has 3 heterocycles. The lowest BCUT2D eigenvalue weighted by molar-refractivity contribution is -0.165. The number of ether oxygens (including phenoxy) is 1. The molecule has 202 valence electrons. The van der Waals surface area contributed by atoms with Gasteiger partial charge in [-0.05, 0) is 48.1 Å². The van der Waals surface area contributed by atoms with Gasteiger partial charge in [0.2, 0.25) is 11.0 Å². The molecule has 1 aliphatic carbocycles. The number of methoxy groups -OCH3 is 1. The highest BCUT2D eigenvalue weighted by Crippen LogP contribution is 2.36. The molecule has 8 nitrogen and oxygen atoms in total. The third-order valence-electron chi connectivity index (χ3n) is 6.11. The van der Waals surface area contributed by atoms with Crippen molar-refractivity contribution in [2.75, 3.05) is 25.5 Å². The van der Waals surface area contributed by atoms with Crippen LogP contribution in [0.5, 0.6) is 5.75 Å². The molecule has 5 rings (SSSR count). The smallest absolute Gasteiger partial charge is 0.282 e. The molecular weight excluding hydrogens is 538 g/mol. The van der Waals surface area contributed by atoms with Crippen LogP contribution in [-0.4, -0.2) is 58.0 Å². The summed E-state index contributed by atoms with van der Waals surface area (Å²) in [6, 6.07) is 5.51. The number of anilines is 1. The highest BCUT2D eigenvalue weighted by molar-refractivity contribution is 7.15. The molecule has 2 fully saturated rings. The Morgan fingerprint density at radius 1 is 1.21 bits per heavy atom. The lowest BCUT2D eigenvalue weighted by Crippen LogP contribution is -2.58. The molecule has 39 heavy (non-hydrogen) atoms. The van der Waals surface area contributed by atoms with Crippen molar-refractivity contribution in [3.63, 3.8) is 0 Å². The minimum atomic E-state index is -2.91. The van der Waals surface area contributed by atoms with E-state index in [4.69, 9.17) is 4.74 Å². The van der Waals surface area contributed by atoms with Crippen molar-refractivity contribution >= 4 is 28.3 Å². The third kappa shape index (κ3) is 6.17. The number of likely N-dealkylation sites (tertiary alicyclic amines) is 1. The lowest BCUT2D eigenvalue weighted by atomic mass is 9.94. The minimum absolute atomic E-state index is 0.0761. The van der Waals surface area contributed by atoms with Gasteiger partial charge in [-0.15, -0.1) is 10.2 Å². The second kappa shape index (κ2) is 10.6. The van der Waals surface area contributed by atoms with E-state index in [-0.39, 0.29) is 34.0 Å². The second-order valence-corrected chi connectivity index (χ2v) is 10.2. The largest absolute Gasteiger partial charge is 0.494 e. The van der Waals surface area contributed by atoms with Crippen LogP contribution in [0.3, 0.4) is 0 Å². The number of alkyl halides is 4. The van der Waals surface area contributed by atoms with Gasteiger partial charge in [-0.3, -0.25) is 19.9 Å². The Kier molecular flexibility index (Phi) is 7.22. The molecule has 0 atom stereocenters. The molecule has 0 unspecified atom stereocenters. The van der Waals surface area contributed by atoms with Crippen LogP contribution in [0.15, 0.2) is 30.5 Å². The van der Waals surface area contributed by atoms with E-state index in [1.54, 1.807) is 0 Å². The molecule has 13 heteroatoms. The van der Waals surface area contributed by atoms with E-state index in [0.29, 0.717) is 16.5 Å². The summed E-state index contributed by atoms with van der Waals surface area (Å²) in [5.41, 5.74) is 0.265. The van der Waals surface area contributed by atoms with Gasteiger partial charge in [-0.25, -0.2) is 17.6 Å². The van der Waals surface area contributed by atoms with Gasteiger partial charge in [0.25, 0.3) is 18.3 Å². The number of nitrogens with zero attached hydrogens (tertiary/aromatic N) is 4. The highest BCUT2D eigenvalue weighted by Gasteiger charge is 2.46. The first kappa shape index (κ1) is 26.6. The Labute approximate surface area is 224 Å². The van der Waals surface area contributed by atoms with E-state index in [1.165, 1.54) is 25.3 Å². The van der Waals surface area contributed by atoms with E-state index in [0.717, 1.165) is 41.3 Å². The first-order chi connectivity index (χ1) is 18.6. The Morgan fingerprint density at radius 2 is 1.97 bits per heavy atom. The van der Waals surface area contributed by atoms with Gasteiger partial charge in [0.15, 0.2) is 5.01 Å². The van der Waals surface area contributed by atoms with Gasteiger partial charge in [-0.1, -0.05) is 23.3 Å². The molecule has 0 bridgehead atoms. The number of benzene rings is 1. The minimum Gasteiger partial charge on any atom is -0.494 e. The van der Waals surface area contributed by atoms with Gasteiger partial charge < -0.3 is 9.64 Å². The molecule has 2 aromatic heterocycles. The van der Waals surface area contributed by atoms with Crippen LogP contribution in [-0.2, 0) is 11.2 Å². The molecule has 1 saturated heterocycles. The molecule has 1 aromatic carbocycles. The number of pyridine rings is 1. The van der Waals surface area contributed by atoms with Gasteiger partial charge >= 0.3 is 0 Å². The Bertz CT molecular complexity index is 1490. The van der Waals surface area contributed by atoms with E-state index >= 15 is 0 Å². The number of rotatable bonds is 7. The molecule has 1 N–H and O–H groups in total. The molecule has 2 amide bonds. The van der Waals surface area contributed by atoms with Crippen LogP contribution < -0.4 is 10.1 Å². The lowest BCUT2D eigenvalue weighted by Gasteiger charge is -2.38. The number of halogens is 4. The van der Waals surface area contributed by atoms with Crippen LogP contribution in [0.4, 0.5) is 22.7 Å². The van der Waals surface area contributed by atoms with Crippen LogP contribution >= 0.6 is 11.3 Å². The fourth-order valence-corrected chi connectivity index (χ4v) is 4.53. The van der Waals surface area contributed by atoms with Crippen molar-refractivity contribution in [3.05, 3.63) is 52.3 Å². The van der Waals surface area contributed by atoms with Crippen LogP contribution in [0.25, 0.3) is 11.1 Å². The summed E-state index contributed by atoms with van der Waals surface area (Å²) in [6.45, 7) is -1.33. The SMILES string of the molecule is COc1cnc(C(F)F)cc1-c1cc(CC(=O)N2CC(F)(F)C2)ccc1C(=O)Nc1nnc(C#CC2CC2)s1. The molecule has 0 radical (unpaired) electrons. The third-order valence-corrected chi connectivity index (χ3v) is 6.86. The molecule has 2 aliphatic rings. The van der Waals surface area contributed by atoms with E-state index < -0.39 is 42.9 Å². The number of hydrogen-bond donors (Lipinski definition) is 1. The summed E-state index contributed by atoms with van der Waals surface area (Å²) in [4.78, 5) is 30.6. The number of amides is 2. The predicted molar refractivity (Wildman–Crippen MR) is 134 cm³/mol. The quantitative estimate of drug-likeness (QED) is 0.336. The average Bonchev–Trinajstić information content (AvgIpc) is 3.62. The van der Waals surface area contributed by atoms with E-state index in [1.807, 2.05) is 0 Å². The normalized spacial score (nSPS) is 15.8. The van der Waals surface area contributed by atoms with Crippen molar-refractivity contribution < 1.29 is 31.9 Å². The van der Waals surface area contributed by atoms with Crippen molar-refractivity contribution in [3.8, 4) is 28.7 Å². The molecule has 1 aliphatic heterocycles. The Balaban J connectivity index is 1.47. The summed E-state index contributed by atoms with van der Waals surface area (Å²) in [7, 11) is 1.32. The summed E-state index contributed by atoms with van der Waals surface area (Å²) in [5.74, 6) is 2.43. The van der Waals surface area contributed by atoms with Gasteiger partial charge in [0.1, 0.15) is 11.4 Å². The molecule has 1 saturated carbocycles. The maximum atomic E-state index is 13.5. The maximum Gasteiger partial charge on any atom is 0.282 e. The van der Waals surface area contributed by atoms with Crippen molar-refractivity contribution in [1.82, 2.24) is 20.1 Å². The van der Waals surface area contributed by atoms with E-state index in [2.05, 4.69) is 32.3 Å². The summed E-state index contributed by atoms with van der Waals surface area (Å²) in [5, 5.41) is 11.2. The van der Waals surface area contributed by atoms with Crippen LogP contribution in [0.1, 0.15) is 45.9 Å². The zero-order valence-corrected chi connectivity index (χ0v) is 21.3. The number of carbonyl (C=O) groups is 2. The average molecular weight is 560 g/mol. The topological polar surface area (TPSA) is 97.3 Å². The first-order valence-corrected chi connectivity index (χ1v) is 12.7.